The first-order valence-electron chi connectivity index (χ1n) is 11.7. The molecule has 4 rings (SSSR count). The van der Waals surface area contributed by atoms with E-state index in [1.54, 1.807) is 6.07 Å². The predicted molar refractivity (Wildman–Crippen MR) is 141 cm³/mol. The van der Waals surface area contributed by atoms with Crippen LogP contribution < -0.4 is 10.6 Å². The molecule has 0 heterocycles. The highest BCUT2D eigenvalue weighted by Crippen LogP contribution is 2.31. The molecule has 0 aliphatic heterocycles. The van der Waals surface area contributed by atoms with Gasteiger partial charge in [-0.15, -0.1) is 11.8 Å². The van der Waals surface area contributed by atoms with Crippen molar-refractivity contribution in [2.45, 2.75) is 36.3 Å². The van der Waals surface area contributed by atoms with Crippen molar-refractivity contribution in [3.8, 4) is 0 Å². The number of allylic oxidation sites excluding steroid dienone is 2. The number of benzene rings is 3. The van der Waals surface area contributed by atoms with Gasteiger partial charge in [0, 0.05) is 16.3 Å². The maximum atomic E-state index is 13.0. The smallest absolute Gasteiger partial charge is 0.307 e. The van der Waals surface area contributed by atoms with Crippen molar-refractivity contribution in [2.24, 2.45) is 11.8 Å². The summed E-state index contributed by atoms with van der Waals surface area (Å²) in [5.41, 5.74) is 1.34. The third kappa shape index (κ3) is 6.11. The standard InChI is InChI=1S/C28H28N2O4S/c1-2-25(27(32)30-21-15-14-18-8-3-4-9-19(18)16-21)35-22-11-7-10-20(17-22)29-26(31)23-12-5-6-13-24(23)28(33)34/h3-11,14-17,23-25H,2,12-13H2,1H3,(H,29,31)(H,30,32)(H,33,34). The molecule has 0 bridgehead atoms. The van der Waals surface area contributed by atoms with Gasteiger partial charge in [0.1, 0.15) is 0 Å². The Morgan fingerprint density at radius 2 is 1.60 bits per heavy atom. The van der Waals surface area contributed by atoms with E-state index in [4.69, 9.17) is 0 Å². The fourth-order valence-corrected chi connectivity index (χ4v) is 5.25. The first kappa shape index (κ1) is 24.5. The minimum atomic E-state index is -0.956. The van der Waals surface area contributed by atoms with Crippen LogP contribution in [-0.2, 0) is 14.4 Å². The van der Waals surface area contributed by atoms with Gasteiger partial charge >= 0.3 is 5.97 Å². The molecule has 3 aromatic rings. The molecule has 3 N–H and O–H groups in total. The van der Waals surface area contributed by atoms with E-state index in [0.717, 1.165) is 21.4 Å². The van der Waals surface area contributed by atoms with E-state index in [1.165, 1.54) is 11.8 Å². The number of anilines is 2. The fourth-order valence-electron chi connectivity index (χ4n) is 4.24. The van der Waals surface area contributed by atoms with E-state index < -0.39 is 17.8 Å². The number of carboxylic acid groups (broad SMARTS) is 1. The number of carbonyl (C=O) groups excluding carboxylic acids is 2. The number of carbonyl (C=O) groups is 3. The Morgan fingerprint density at radius 3 is 2.34 bits per heavy atom. The summed E-state index contributed by atoms with van der Waals surface area (Å²) >= 11 is 1.43. The molecule has 2 amide bonds. The molecule has 3 atom stereocenters. The van der Waals surface area contributed by atoms with E-state index in [1.807, 2.05) is 79.7 Å². The van der Waals surface area contributed by atoms with Crippen LogP contribution in [0, 0.1) is 11.8 Å². The Hall–Kier alpha value is -3.58. The summed E-state index contributed by atoms with van der Waals surface area (Å²) in [7, 11) is 0. The lowest BCUT2D eigenvalue weighted by Gasteiger charge is -2.24. The molecule has 0 saturated heterocycles. The summed E-state index contributed by atoms with van der Waals surface area (Å²) < 4.78 is 0. The molecule has 0 radical (unpaired) electrons. The van der Waals surface area contributed by atoms with Gasteiger partial charge in [-0.1, -0.05) is 55.5 Å². The molecule has 0 aromatic heterocycles. The van der Waals surface area contributed by atoms with Crippen LogP contribution >= 0.6 is 11.8 Å². The van der Waals surface area contributed by atoms with E-state index in [9.17, 15) is 19.5 Å². The molecule has 1 aliphatic rings. The van der Waals surface area contributed by atoms with Crippen LogP contribution in [-0.4, -0.2) is 28.1 Å². The zero-order valence-electron chi connectivity index (χ0n) is 19.4. The van der Waals surface area contributed by atoms with Gasteiger partial charge in [0.15, 0.2) is 0 Å². The highest BCUT2D eigenvalue weighted by Gasteiger charge is 2.34. The van der Waals surface area contributed by atoms with Crippen molar-refractivity contribution in [1.82, 2.24) is 0 Å². The second-order valence-electron chi connectivity index (χ2n) is 8.58. The van der Waals surface area contributed by atoms with Crippen LogP contribution in [0.4, 0.5) is 11.4 Å². The highest BCUT2D eigenvalue weighted by molar-refractivity contribution is 8.00. The normalized spacial score (nSPS) is 18.1. The third-order valence-electron chi connectivity index (χ3n) is 6.15. The maximum absolute atomic E-state index is 13.0. The number of amides is 2. The molecule has 0 fully saturated rings. The summed E-state index contributed by atoms with van der Waals surface area (Å²) in [4.78, 5) is 38.2. The van der Waals surface area contributed by atoms with Gasteiger partial charge in [0.25, 0.3) is 0 Å². The van der Waals surface area contributed by atoms with Gasteiger partial charge in [0.2, 0.25) is 11.8 Å². The van der Waals surface area contributed by atoms with Crippen LogP contribution in [0.25, 0.3) is 10.8 Å². The van der Waals surface area contributed by atoms with Crippen molar-refractivity contribution in [3.05, 3.63) is 78.9 Å². The average molecular weight is 489 g/mol. The van der Waals surface area contributed by atoms with E-state index in [2.05, 4.69) is 10.6 Å². The molecule has 3 aromatic carbocycles. The van der Waals surface area contributed by atoms with Crippen molar-refractivity contribution >= 4 is 51.7 Å². The molecule has 35 heavy (non-hydrogen) atoms. The van der Waals surface area contributed by atoms with Gasteiger partial charge in [0.05, 0.1) is 17.1 Å². The Labute approximate surface area is 208 Å². The van der Waals surface area contributed by atoms with E-state index in [0.29, 0.717) is 24.9 Å². The zero-order chi connectivity index (χ0) is 24.8. The number of nitrogens with one attached hydrogen (secondary N) is 2. The van der Waals surface area contributed by atoms with Crippen molar-refractivity contribution < 1.29 is 19.5 Å². The molecule has 180 valence electrons. The summed E-state index contributed by atoms with van der Waals surface area (Å²) in [5.74, 6) is -2.67. The zero-order valence-corrected chi connectivity index (χ0v) is 20.3. The molecule has 7 heteroatoms. The third-order valence-corrected chi connectivity index (χ3v) is 7.50. The molecule has 0 spiro atoms. The minimum Gasteiger partial charge on any atom is -0.481 e. The fraction of sp³-hybridized carbons (Fsp3) is 0.250. The molecule has 6 nitrogen and oxygen atoms in total. The van der Waals surface area contributed by atoms with Gasteiger partial charge in [-0.3, -0.25) is 14.4 Å². The number of hydrogen-bond acceptors (Lipinski definition) is 4. The van der Waals surface area contributed by atoms with Gasteiger partial charge in [-0.05, 0) is 60.4 Å². The predicted octanol–water partition coefficient (Wildman–Crippen LogP) is 5.95. The first-order chi connectivity index (χ1) is 16.9. The SMILES string of the molecule is CCC(Sc1cccc(NC(=O)C2CC=CCC2C(=O)O)c1)C(=O)Nc1ccc2ccccc2c1. The molecular formula is C28H28N2O4S. The van der Waals surface area contributed by atoms with Crippen LogP contribution in [0.5, 0.6) is 0 Å². The maximum Gasteiger partial charge on any atom is 0.307 e. The van der Waals surface area contributed by atoms with Crippen molar-refractivity contribution in [2.75, 3.05) is 10.6 Å². The second-order valence-corrected chi connectivity index (χ2v) is 9.85. The molecular weight excluding hydrogens is 460 g/mol. The summed E-state index contributed by atoms with van der Waals surface area (Å²) in [5, 5.41) is 17.2. The number of carboxylic acids is 1. The largest absolute Gasteiger partial charge is 0.481 e. The minimum absolute atomic E-state index is 0.0829. The monoisotopic (exact) mass is 488 g/mol. The topological polar surface area (TPSA) is 95.5 Å². The number of thioether (sulfide) groups is 1. The number of fused-ring (bicyclic) bond motifs is 1. The molecule has 0 saturated carbocycles. The lowest BCUT2D eigenvalue weighted by Crippen LogP contribution is -2.34. The summed E-state index contributed by atoms with van der Waals surface area (Å²) in [6.07, 6.45) is 5.07. The van der Waals surface area contributed by atoms with Crippen LogP contribution in [0.15, 0.2) is 83.8 Å². The number of aliphatic carboxylic acids is 1. The van der Waals surface area contributed by atoms with Crippen LogP contribution in [0.3, 0.4) is 0 Å². The van der Waals surface area contributed by atoms with Crippen LogP contribution in [0.1, 0.15) is 26.2 Å². The number of rotatable bonds is 8. The summed E-state index contributed by atoms with van der Waals surface area (Å²) in [6.45, 7) is 1.96. The van der Waals surface area contributed by atoms with Crippen molar-refractivity contribution in [3.63, 3.8) is 0 Å². The lowest BCUT2D eigenvalue weighted by molar-refractivity contribution is -0.146. The Kier molecular flexibility index (Phi) is 7.87. The number of hydrogen-bond donors (Lipinski definition) is 3. The Balaban J connectivity index is 1.41. The van der Waals surface area contributed by atoms with E-state index in [-0.39, 0.29) is 17.1 Å². The quantitative estimate of drug-likeness (QED) is 0.269. The lowest BCUT2D eigenvalue weighted by atomic mass is 9.82. The average Bonchev–Trinajstić information content (AvgIpc) is 2.87. The van der Waals surface area contributed by atoms with Crippen molar-refractivity contribution in [1.29, 1.82) is 0 Å². The molecule has 1 aliphatic carbocycles. The highest BCUT2D eigenvalue weighted by atomic mass is 32.2. The van der Waals surface area contributed by atoms with Crippen LogP contribution in [0.2, 0.25) is 0 Å². The summed E-state index contributed by atoms with van der Waals surface area (Å²) in [6, 6.07) is 21.2. The molecule has 3 unspecified atom stereocenters. The van der Waals surface area contributed by atoms with Gasteiger partial charge in [-0.25, -0.2) is 0 Å². The first-order valence-corrected chi connectivity index (χ1v) is 12.6. The Bertz CT molecular complexity index is 1270. The van der Waals surface area contributed by atoms with Gasteiger partial charge < -0.3 is 15.7 Å². The second kappa shape index (κ2) is 11.2. The Morgan fingerprint density at radius 1 is 0.886 bits per heavy atom. The van der Waals surface area contributed by atoms with Gasteiger partial charge in [-0.2, -0.15) is 0 Å². The van der Waals surface area contributed by atoms with E-state index >= 15 is 0 Å².